The van der Waals surface area contributed by atoms with Crippen molar-refractivity contribution >= 4 is 23.2 Å². The number of benzene rings is 2. The summed E-state index contributed by atoms with van der Waals surface area (Å²) in [4.78, 5) is 0. The summed E-state index contributed by atoms with van der Waals surface area (Å²) in [5.74, 6) is -0.837. The van der Waals surface area contributed by atoms with E-state index in [-0.39, 0.29) is 23.0 Å². The third-order valence-corrected chi connectivity index (χ3v) is 3.96. The van der Waals surface area contributed by atoms with Gasteiger partial charge < -0.3 is 0 Å². The van der Waals surface area contributed by atoms with Gasteiger partial charge in [-0.15, -0.1) is 5.10 Å². The van der Waals surface area contributed by atoms with E-state index in [1.807, 2.05) is 0 Å². The summed E-state index contributed by atoms with van der Waals surface area (Å²) in [5.41, 5.74) is -0.901. The predicted molar refractivity (Wildman–Crippen MR) is 83.8 cm³/mol. The van der Waals surface area contributed by atoms with Gasteiger partial charge in [-0.25, -0.2) is 9.07 Å². The van der Waals surface area contributed by atoms with Gasteiger partial charge in [-0.2, -0.15) is 13.2 Å². The van der Waals surface area contributed by atoms with Gasteiger partial charge in [0.15, 0.2) is 5.82 Å². The van der Waals surface area contributed by atoms with Crippen LogP contribution in [0.4, 0.5) is 17.6 Å². The number of nitrogens with zero attached hydrogens (tertiary/aromatic N) is 4. The van der Waals surface area contributed by atoms with Crippen LogP contribution in [0.3, 0.4) is 0 Å². The molecule has 25 heavy (non-hydrogen) atoms. The normalized spacial score (nSPS) is 11.8. The van der Waals surface area contributed by atoms with Crippen LogP contribution in [0.2, 0.25) is 10.0 Å². The Hall–Kier alpha value is -2.19. The third kappa shape index (κ3) is 3.74. The average molecular weight is 391 g/mol. The fourth-order valence-corrected chi connectivity index (χ4v) is 2.66. The van der Waals surface area contributed by atoms with Crippen LogP contribution in [-0.4, -0.2) is 20.2 Å². The van der Waals surface area contributed by atoms with E-state index in [1.165, 1.54) is 12.1 Å². The number of alkyl halides is 3. The largest absolute Gasteiger partial charge is 0.416 e. The number of rotatable bonds is 3. The molecule has 3 rings (SSSR count). The standard InChI is InChI=1S/C15H8Cl2F4N4/c16-9-2-4-13(17)11(5-9)14-22-23-24-25(14)7-8-1-3-10(18)6-12(8)15(19,20)21/h1-6H,7H2. The van der Waals surface area contributed by atoms with Gasteiger partial charge in [0.25, 0.3) is 0 Å². The summed E-state index contributed by atoms with van der Waals surface area (Å²) in [6.07, 6.45) is -4.71. The molecule has 0 unspecified atom stereocenters. The molecule has 0 aliphatic carbocycles. The molecule has 0 amide bonds. The summed E-state index contributed by atoms with van der Waals surface area (Å²) in [5, 5.41) is 11.6. The predicted octanol–water partition coefficient (Wildman–Crippen LogP) is 4.85. The lowest BCUT2D eigenvalue weighted by Gasteiger charge is -2.13. The minimum absolute atomic E-state index is 0.143. The second-order valence-corrected chi connectivity index (χ2v) is 5.93. The van der Waals surface area contributed by atoms with Crippen molar-refractivity contribution in [3.63, 3.8) is 0 Å². The van der Waals surface area contributed by atoms with Crippen molar-refractivity contribution in [2.24, 2.45) is 0 Å². The minimum Gasteiger partial charge on any atom is -0.221 e. The first-order valence-electron chi connectivity index (χ1n) is 6.83. The second kappa shape index (κ2) is 6.61. The van der Waals surface area contributed by atoms with E-state index in [4.69, 9.17) is 23.2 Å². The Morgan fingerprint density at radius 1 is 1.04 bits per heavy atom. The van der Waals surface area contributed by atoms with Gasteiger partial charge in [0, 0.05) is 10.6 Å². The Labute approximate surface area is 149 Å². The molecule has 2 aromatic carbocycles. The van der Waals surface area contributed by atoms with E-state index >= 15 is 0 Å². The maximum Gasteiger partial charge on any atom is 0.416 e. The molecule has 0 N–H and O–H groups in total. The van der Waals surface area contributed by atoms with Gasteiger partial charge >= 0.3 is 6.18 Å². The molecule has 10 heteroatoms. The van der Waals surface area contributed by atoms with Crippen molar-refractivity contribution in [3.05, 3.63) is 63.4 Å². The van der Waals surface area contributed by atoms with Crippen LogP contribution in [0.25, 0.3) is 11.4 Å². The van der Waals surface area contributed by atoms with E-state index in [1.54, 1.807) is 6.07 Å². The topological polar surface area (TPSA) is 43.6 Å². The molecule has 0 bridgehead atoms. The summed E-state index contributed by atoms with van der Waals surface area (Å²) < 4.78 is 53.8. The lowest BCUT2D eigenvalue weighted by atomic mass is 10.1. The second-order valence-electron chi connectivity index (χ2n) is 5.08. The number of hydrogen-bond donors (Lipinski definition) is 0. The van der Waals surface area contributed by atoms with Crippen molar-refractivity contribution in [1.82, 2.24) is 20.2 Å². The first kappa shape index (κ1) is 17.6. The van der Waals surface area contributed by atoms with E-state index in [0.29, 0.717) is 16.7 Å². The molecule has 1 aromatic heterocycles. The molecular weight excluding hydrogens is 383 g/mol. The van der Waals surface area contributed by atoms with Gasteiger partial charge in [0.1, 0.15) is 5.82 Å². The van der Waals surface area contributed by atoms with Crippen molar-refractivity contribution in [2.45, 2.75) is 12.7 Å². The zero-order valence-corrected chi connectivity index (χ0v) is 13.7. The maximum atomic E-state index is 13.2. The highest BCUT2D eigenvalue weighted by Gasteiger charge is 2.34. The number of hydrogen-bond acceptors (Lipinski definition) is 3. The van der Waals surface area contributed by atoms with Crippen LogP contribution in [0.5, 0.6) is 0 Å². The van der Waals surface area contributed by atoms with Gasteiger partial charge in [-0.3, -0.25) is 0 Å². The molecule has 0 atom stereocenters. The van der Waals surface area contributed by atoms with Gasteiger partial charge in [-0.05, 0) is 46.3 Å². The number of tetrazole rings is 1. The molecule has 130 valence electrons. The summed E-state index contributed by atoms with van der Waals surface area (Å²) in [6, 6.07) is 7.01. The zero-order chi connectivity index (χ0) is 18.2. The number of halogens is 6. The Bertz CT molecular complexity index is 924. The molecule has 0 aliphatic heterocycles. The van der Waals surface area contributed by atoms with Gasteiger partial charge in [0.05, 0.1) is 17.1 Å². The van der Waals surface area contributed by atoms with Crippen LogP contribution in [0, 0.1) is 5.82 Å². The zero-order valence-electron chi connectivity index (χ0n) is 12.2. The lowest BCUT2D eigenvalue weighted by Crippen LogP contribution is -2.13. The summed E-state index contributed by atoms with van der Waals surface area (Å²) in [7, 11) is 0. The molecule has 0 fully saturated rings. The molecule has 4 nitrogen and oxygen atoms in total. The first-order chi connectivity index (χ1) is 11.8. The molecule has 3 aromatic rings. The molecule has 0 spiro atoms. The van der Waals surface area contributed by atoms with Gasteiger partial charge in [0.2, 0.25) is 0 Å². The van der Waals surface area contributed by atoms with E-state index in [0.717, 1.165) is 16.8 Å². The van der Waals surface area contributed by atoms with E-state index in [2.05, 4.69) is 15.5 Å². The van der Waals surface area contributed by atoms with Crippen molar-refractivity contribution < 1.29 is 17.6 Å². The molecule has 0 saturated heterocycles. The highest BCUT2D eigenvalue weighted by atomic mass is 35.5. The fraction of sp³-hybridized carbons (Fsp3) is 0.133. The van der Waals surface area contributed by atoms with Crippen molar-refractivity contribution in [2.75, 3.05) is 0 Å². The highest BCUT2D eigenvalue weighted by molar-refractivity contribution is 6.35. The van der Waals surface area contributed by atoms with Gasteiger partial charge in [-0.1, -0.05) is 29.3 Å². The van der Waals surface area contributed by atoms with Crippen LogP contribution < -0.4 is 0 Å². The smallest absolute Gasteiger partial charge is 0.221 e. The van der Waals surface area contributed by atoms with E-state index in [9.17, 15) is 17.6 Å². The Morgan fingerprint density at radius 3 is 2.52 bits per heavy atom. The molecule has 0 radical (unpaired) electrons. The third-order valence-electron chi connectivity index (χ3n) is 3.40. The molecular formula is C15H8Cl2F4N4. The maximum absolute atomic E-state index is 13.2. The Morgan fingerprint density at radius 2 is 1.80 bits per heavy atom. The average Bonchev–Trinajstić information content (AvgIpc) is 2.98. The van der Waals surface area contributed by atoms with Crippen molar-refractivity contribution in [3.8, 4) is 11.4 Å². The Kier molecular flexibility index (Phi) is 4.66. The van der Waals surface area contributed by atoms with Crippen LogP contribution in [0.15, 0.2) is 36.4 Å². The van der Waals surface area contributed by atoms with Crippen LogP contribution in [0.1, 0.15) is 11.1 Å². The molecule has 0 aliphatic rings. The first-order valence-corrected chi connectivity index (χ1v) is 7.58. The lowest BCUT2D eigenvalue weighted by molar-refractivity contribution is -0.138. The summed E-state index contributed by atoms with van der Waals surface area (Å²) in [6.45, 7) is -0.319. The van der Waals surface area contributed by atoms with Crippen LogP contribution >= 0.6 is 23.2 Å². The SMILES string of the molecule is Fc1ccc(Cn2nnnc2-c2cc(Cl)ccc2Cl)c(C(F)(F)F)c1. The van der Waals surface area contributed by atoms with E-state index < -0.39 is 17.6 Å². The summed E-state index contributed by atoms with van der Waals surface area (Å²) >= 11 is 12.0. The molecule has 0 saturated carbocycles. The highest BCUT2D eigenvalue weighted by Crippen LogP contribution is 2.34. The quantitative estimate of drug-likeness (QED) is 0.600. The fourth-order valence-electron chi connectivity index (χ4n) is 2.28. The molecule has 1 heterocycles. The van der Waals surface area contributed by atoms with Crippen molar-refractivity contribution in [1.29, 1.82) is 0 Å². The number of aromatic nitrogens is 4. The minimum atomic E-state index is -4.71. The Balaban J connectivity index is 2.05. The monoisotopic (exact) mass is 390 g/mol. The van der Waals surface area contributed by atoms with Crippen LogP contribution in [-0.2, 0) is 12.7 Å².